The third kappa shape index (κ3) is 8.75. The fourth-order valence-electron chi connectivity index (χ4n) is 5.05. The molecule has 0 unspecified atom stereocenters. The molecule has 0 aliphatic rings. The summed E-state index contributed by atoms with van der Waals surface area (Å²) in [5.41, 5.74) is 3.05. The molecule has 3 aromatic rings. The monoisotopic (exact) mass is 623 g/mol. The molecule has 238 valence electrons. The summed E-state index contributed by atoms with van der Waals surface area (Å²) in [5, 5.41) is 2.96. The summed E-state index contributed by atoms with van der Waals surface area (Å²) in [4.78, 5) is 29.1. The number of anilines is 1. The van der Waals surface area contributed by atoms with Gasteiger partial charge in [-0.05, 0) is 73.6 Å². The van der Waals surface area contributed by atoms with E-state index in [1.807, 2.05) is 71.0 Å². The van der Waals surface area contributed by atoms with E-state index in [0.29, 0.717) is 30.8 Å². The first-order chi connectivity index (χ1) is 20.9. The lowest BCUT2D eigenvalue weighted by molar-refractivity contribution is -0.139. The highest BCUT2D eigenvalue weighted by molar-refractivity contribution is 7.92. The van der Waals surface area contributed by atoms with Gasteiger partial charge in [0.1, 0.15) is 12.6 Å². The Kier molecular flexibility index (Phi) is 12.2. The number of nitrogens with one attached hydrogen (secondary N) is 1. The maximum absolute atomic E-state index is 14.3. The van der Waals surface area contributed by atoms with E-state index in [1.54, 1.807) is 12.1 Å². The van der Waals surface area contributed by atoms with Crippen molar-refractivity contribution in [2.24, 2.45) is 5.92 Å². The highest BCUT2D eigenvalue weighted by Crippen LogP contribution is 2.33. The molecule has 0 aliphatic heterocycles. The zero-order chi connectivity index (χ0) is 32.4. The number of benzene rings is 3. The molecular formula is C34H45N3O6S. The molecule has 0 spiro atoms. The molecule has 1 N–H and O–H groups in total. The number of hydrogen-bond acceptors (Lipinski definition) is 6. The van der Waals surface area contributed by atoms with E-state index in [4.69, 9.17) is 9.47 Å². The summed E-state index contributed by atoms with van der Waals surface area (Å²) in [6, 6.07) is 18.7. The maximum atomic E-state index is 14.3. The summed E-state index contributed by atoms with van der Waals surface area (Å²) in [7, 11) is -1.37. The number of carbonyl (C=O) groups is 2. The van der Waals surface area contributed by atoms with Crippen LogP contribution in [0.5, 0.6) is 11.5 Å². The number of aryl methyl sites for hydroxylation is 2. The van der Waals surface area contributed by atoms with Gasteiger partial charge in [-0.25, -0.2) is 8.42 Å². The molecule has 0 bridgehead atoms. The minimum atomic E-state index is -4.27. The van der Waals surface area contributed by atoms with Crippen LogP contribution in [0.2, 0.25) is 0 Å². The smallest absolute Gasteiger partial charge is 0.264 e. The lowest BCUT2D eigenvalue weighted by Gasteiger charge is -2.33. The lowest BCUT2D eigenvalue weighted by atomic mass is 10.1. The number of nitrogens with zero attached hydrogens (tertiary/aromatic N) is 2. The SMILES string of the molecule is CC[C@@H](C(=O)NCC(C)C)N(CCc1ccccc1)C(=O)CN(c1cc(C)cc(C)c1)S(=O)(=O)c1ccc(OC)c(OC)c1. The molecule has 9 nitrogen and oxygen atoms in total. The molecule has 0 aromatic heterocycles. The number of sulfonamides is 1. The molecular weight excluding hydrogens is 578 g/mol. The van der Waals surface area contributed by atoms with Crippen molar-refractivity contribution in [2.75, 3.05) is 38.2 Å². The Hall–Kier alpha value is -4.05. The molecule has 3 rings (SSSR count). The quantitative estimate of drug-likeness (QED) is 0.252. The van der Waals surface area contributed by atoms with Crippen LogP contribution in [0, 0.1) is 19.8 Å². The van der Waals surface area contributed by atoms with Crippen LogP contribution >= 0.6 is 0 Å². The topological polar surface area (TPSA) is 105 Å². The second-order valence-electron chi connectivity index (χ2n) is 11.3. The number of hydrogen-bond donors (Lipinski definition) is 1. The van der Waals surface area contributed by atoms with Crippen molar-refractivity contribution in [2.45, 2.75) is 58.4 Å². The van der Waals surface area contributed by atoms with E-state index in [-0.39, 0.29) is 29.0 Å². The van der Waals surface area contributed by atoms with E-state index in [2.05, 4.69) is 5.32 Å². The van der Waals surface area contributed by atoms with E-state index >= 15 is 0 Å². The van der Waals surface area contributed by atoms with Crippen molar-refractivity contribution >= 4 is 27.5 Å². The van der Waals surface area contributed by atoms with Gasteiger partial charge in [0.25, 0.3) is 10.0 Å². The average molecular weight is 624 g/mol. The normalized spacial score (nSPS) is 12.0. The van der Waals surface area contributed by atoms with E-state index in [1.165, 1.54) is 37.3 Å². The predicted molar refractivity (Wildman–Crippen MR) is 174 cm³/mol. The second-order valence-corrected chi connectivity index (χ2v) is 13.1. The highest BCUT2D eigenvalue weighted by Gasteiger charge is 2.34. The van der Waals surface area contributed by atoms with Crippen molar-refractivity contribution in [3.05, 3.63) is 83.4 Å². The fourth-order valence-corrected chi connectivity index (χ4v) is 6.46. The lowest BCUT2D eigenvalue weighted by Crippen LogP contribution is -2.53. The third-order valence-electron chi connectivity index (χ3n) is 7.27. The van der Waals surface area contributed by atoms with Gasteiger partial charge in [-0.15, -0.1) is 0 Å². The Balaban J connectivity index is 2.08. The molecule has 0 heterocycles. The van der Waals surface area contributed by atoms with Crippen LogP contribution in [0.4, 0.5) is 5.69 Å². The first-order valence-electron chi connectivity index (χ1n) is 14.8. The van der Waals surface area contributed by atoms with Crippen molar-refractivity contribution in [3.8, 4) is 11.5 Å². The predicted octanol–water partition coefficient (Wildman–Crippen LogP) is 5.14. The number of amides is 2. The maximum Gasteiger partial charge on any atom is 0.264 e. The Bertz CT molecular complexity index is 1500. The Labute approximate surface area is 262 Å². The minimum absolute atomic E-state index is 0.0559. The molecule has 3 aromatic carbocycles. The zero-order valence-corrected chi connectivity index (χ0v) is 27.6. The van der Waals surface area contributed by atoms with Crippen LogP contribution in [0.3, 0.4) is 0 Å². The largest absolute Gasteiger partial charge is 0.493 e. The van der Waals surface area contributed by atoms with Crippen LogP contribution in [-0.4, -0.2) is 65.0 Å². The van der Waals surface area contributed by atoms with E-state index in [0.717, 1.165) is 21.0 Å². The van der Waals surface area contributed by atoms with Gasteiger partial charge in [0.2, 0.25) is 11.8 Å². The van der Waals surface area contributed by atoms with E-state index < -0.39 is 28.5 Å². The molecule has 0 aliphatic carbocycles. The molecule has 10 heteroatoms. The summed E-state index contributed by atoms with van der Waals surface area (Å²) < 4.78 is 40.4. The number of ether oxygens (including phenoxy) is 2. The van der Waals surface area contributed by atoms with Crippen molar-refractivity contribution < 1.29 is 27.5 Å². The van der Waals surface area contributed by atoms with Crippen molar-refractivity contribution in [1.82, 2.24) is 10.2 Å². The number of rotatable bonds is 15. The van der Waals surface area contributed by atoms with Gasteiger partial charge in [-0.3, -0.25) is 13.9 Å². The second kappa shape index (κ2) is 15.6. The standard InChI is InChI=1S/C34H45N3O6S/c1-8-30(34(39)35-22-24(2)3)36(17-16-27-12-10-9-11-13-27)33(38)23-37(28-19-25(4)18-26(5)20-28)44(40,41)29-14-15-31(42-6)32(21-29)43-7/h9-15,18-21,24,30H,8,16-17,22-23H2,1-7H3,(H,35,39)/t30-/m0/s1. The summed E-state index contributed by atoms with van der Waals surface area (Å²) >= 11 is 0. The third-order valence-corrected chi connectivity index (χ3v) is 9.04. The molecule has 2 amide bonds. The van der Waals surface area contributed by atoms with E-state index in [9.17, 15) is 18.0 Å². The Morgan fingerprint density at radius 3 is 2.09 bits per heavy atom. The number of carbonyl (C=O) groups excluding carboxylic acids is 2. The van der Waals surface area contributed by atoms with Crippen LogP contribution in [0.1, 0.15) is 43.9 Å². The van der Waals surface area contributed by atoms with Gasteiger partial charge in [0.05, 0.1) is 24.8 Å². The summed E-state index contributed by atoms with van der Waals surface area (Å²) in [6.07, 6.45) is 0.878. The Morgan fingerprint density at radius 2 is 1.52 bits per heavy atom. The van der Waals surface area contributed by atoms with Gasteiger partial charge in [-0.2, -0.15) is 0 Å². The van der Waals surface area contributed by atoms with Gasteiger partial charge in [0, 0.05) is 19.2 Å². The molecule has 0 fully saturated rings. The minimum Gasteiger partial charge on any atom is -0.493 e. The Morgan fingerprint density at radius 1 is 0.886 bits per heavy atom. The van der Waals surface area contributed by atoms with Crippen molar-refractivity contribution in [3.63, 3.8) is 0 Å². The molecule has 44 heavy (non-hydrogen) atoms. The first-order valence-corrected chi connectivity index (χ1v) is 16.3. The van der Waals surface area contributed by atoms with Crippen LogP contribution in [-0.2, 0) is 26.0 Å². The zero-order valence-electron chi connectivity index (χ0n) is 26.8. The molecule has 0 saturated carbocycles. The van der Waals surface area contributed by atoms with Crippen molar-refractivity contribution in [1.29, 1.82) is 0 Å². The van der Waals surface area contributed by atoms with Crippen LogP contribution < -0.4 is 19.1 Å². The summed E-state index contributed by atoms with van der Waals surface area (Å²) in [6.45, 7) is 9.81. The van der Waals surface area contributed by atoms with Gasteiger partial charge in [-0.1, -0.05) is 57.2 Å². The first kappa shape index (κ1) is 34.4. The fraction of sp³-hybridized carbons (Fsp3) is 0.412. The van der Waals surface area contributed by atoms with Gasteiger partial charge >= 0.3 is 0 Å². The van der Waals surface area contributed by atoms with Crippen LogP contribution in [0.15, 0.2) is 71.6 Å². The van der Waals surface area contributed by atoms with Gasteiger partial charge in [0.15, 0.2) is 11.5 Å². The van der Waals surface area contributed by atoms with Crippen LogP contribution in [0.25, 0.3) is 0 Å². The average Bonchev–Trinajstić information content (AvgIpc) is 3.00. The van der Waals surface area contributed by atoms with Gasteiger partial charge < -0.3 is 19.7 Å². The molecule has 0 saturated heterocycles. The molecule has 1 atom stereocenters. The number of methoxy groups -OCH3 is 2. The summed E-state index contributed by atoms with van der Waals surface area (Å²) in [5.74, 6) is 0.124. The molecule has 0 radical (unpaired) electrons. The highest BCUT2D eigenvalue weighted by atomic mass is 32.2.